The van der Waals surface area contributed by atoms with Gasteiger partial charge in [0.25, 0.3) is 0 Å². The highest BCUT2D eigenvalue weighted by Gasteiger charge is 2.34. The number of fused-ring (bicyclic) bond motifs is 1. The second-order valence-electron chi connectivity index (χ2n) is 5.40. The van der Waals surface area contributed by atoms with Gasteiger partial charge < -0.3 is 4.74 Å². The standard InChI is InChI=1S/C14H16FN3O/c1-9-14(2,3)19-8-11-6-13(17-18(9)11)12-5-4-10(15)7-16-12/h4-7,9H,8H2,1-3H3. The lowest BCUT2D eigenvalue weighted by molar-refractivity contribution is -0.0885. The molecule has 100 valence electrons. The average molecular weight is 261 g/mol. The van der Waals surface area contributed by atoms with Crippen LogP contribution in [0.2, 0.25) is 0 Å². The van der Waals surface area contributed by atoms with Crippen molar-refractivity contribution in [2.24, 2.45) is 0 Å². The lowest BCUT2D eigenvalue weighted by Crippen LogP contribution is -2.39. The van der Waals surface area contributed by atoms with E-state index in [0.717, 1.165) is 11.4 Å². The Balaban J connectivity index is 2.01. The van der Waals surface area contributed by atoms with Crippen LogP contribution in [-0.4, -0.2) is 20.4 Å². The van der Waals surface area contributed by atoms with Crippen molar-refractivity contribution >= 4 is 0 Å². The van der Waals surface area contributed by atoms with Gasteiger partial charge in [0.15, 0.2) is 0 Å². The van der Waals surface area contributed by atoms with Crippen molar-refractivity contribution in [1.29, 1.82) is 0 Å². The van der Waals surface area contributed by atoms with Gasteiger partial charge in [0, 0.05) is 0 Å². The van der Waals surface area contributed by atoms with Crippen molar-refractivity contribution in [2.75, 3.05) is 0 Å². The third kappa shape index (κ3) is 2.04. The van der Waals surface area contributed by atoms with Crippen LogP contribution in [0.5, 0.6) is 0 Å². The van der Waals surface area contributed by atoms with Gasteiger partial charge in [-0.1, -0.05) is 0 Å². The maximum absolute atomic E-state index is 12.9. The number of pyridine rings is 1. The third-order valence-corrected chi connectivity index (χ3v) is 3.77. The molecule has 1 aliphatic heterocycles. The first-order chi connectivity index (χ1) is 8.97. The molecule has 2 aromatic heterocycles. The molecule has 3 rings (SSSR count). The SMILES string of the molecule is CC1n2nc(-c3ccc(F)cn3)cc2COC1(C)C. The van der Waals surface area contributed by atoms with E-state index in [0.29, 0.717) is 12.3 Å². The molecule has 1 aliphatic rings. The monoisotopic (exact) mass is 261 g/mol. The van der Waals surface area contributed by atoms with Crippen LogP contribution in [0.25, 0.3) is 11.4 Å². The van der Waals surface area contributed by atoms with Gasteiger partial charge in [-0.05, 0) is 39.0 Å². The van der Waals surface area contributed by atoms with Gasteiger partial charge in [0.05, 0.1) is 35.8 Å². The van der Waals surface area contributed by atoms with Crippen molar-refractivity contribution in [3.63, 3.8) is 0 Å². The molecular weight excluding hydrogens is 245 g/mol. The maximum Gasteiger partial charge on any atom is 0.141 e. The highest BCUT2D eigenvalue weighted by Crippen LogP contribution is 2.34. The van der Waals surface area contributed by atoms with Crippen molar-refractivity contribution in [2.45, 2.75) is 39.0 Å². The Hall–Kier alpha value is -1.75. The number of halogens is 1. The zero-order chi connectivity index (χ0) is 13.6. The van der Waals surface area contributed by atoms with E-state index >= 15 is 0 Å². The second-order valence-corrected chi connectivity index (χ2v) is 5.40. The van der Waals surface area contributed by atoms with Gasteiger partial charge >= 0.3 is 0 Å². The lowest BCUT2D eigenvalue weighted by Gasteiger charge is -2.37. The van der Waals surface area contributed by atoms with Gasteiger partial charge in [0.2, 0.25) is 0 Å². The summed E-state index contributed by atoms with van der Waals surface area (Å²) in [6.07, 6.45) is 1.21. The number of hydrogen-bond acceptors (Lipinski definition) is 3. The van der Waals surface area contributed by atoms with Gasteiger partial charge in [-0.25, -0.2) is 4.39 Å². The number of nitrogens with zero attached hydrogens (tertiary/aromatic N) is 3. The largest absolute Gasteiger partial charge is 0.367 e. The van der Waals surface area contributed by atoms with E-state index in [-0.39, 0.29) is 17.5 Å². The summed E-state index contributed by atoms with van der Waals surface area (Å²) in [6.45, 7) is 6.72. The Morgan fingerprint density at radius 1 is 1.37 bits per heavy atom. The fraction of sp³-hybridized carbons (Fsp3) is 0.429. The van der Waals surface area contributed by atoms with E-state index < -0.39 is 0 Å². The Labute approximate surface area is 111 Å². The van der Waals surface area contributed by atoms with Crippen LogP contribution in [0.15, 0.2) is 24.4 Å². The molecule has 0 spiro atoms. The number of hydrogen-bond donors (Lipinski definition) is 0. The molecule has 0 aromatic carbocycles. The van der Waals surface area contributed by atoms with Crippen molar-refractivity contribution in [3.8, 4) is 11.4 Å². The average Bonchev–Trinajstić information content (AvgIpc) is 2.80. The van der Waals surface area contributed by atoms with Crippen LogP contribution >= 0.6 is 0 Å². The highest BCUT2D eigenvalue weighted by molar-refractivity contribution is 5.54. The minimum Gasteiger partial charge on any atom is -0.367 e. The molecule has 0 fully saturated rings. The van der Waals surface area contributed by atoms with Gasteiger partial charge in [0.1, 0.15) is 11.5 Å². The number of rotatable bonds is 1. The first kappa shape index (κ1) is 12.3. The van der Waals surface area contributed by atoms with E-state index in [2.05, 4.69) is 30.9 Å². The molecule has 0 amide bonds. The summed E-state index contributed by atoms with van der Waals surface area (Å²) < 4.78 is 20.7. The molecule has 0 bridgehead atoms. The summed E-state index contributed by atoms with van der Waals surface area (Å²) in [5, 5.41) is 4.58. The molecule has 4 nitrogen and oxygen atoms in total. The smallest absolute Gasteiger partial charge is 0.141 e. The molecule has 19 heavy (non-hydrogen) atoms. The van der Waals surface area contributed by atoms with Crippen LogP contribution in [0.1, 0.15) is 32.5 Å². The molecular formula is C14H16FN3O. The van der Waals surface area contributed by atoms with Crippen LogP contribution in [0, 0.1) is 5.82 Å². The van der Waals surface area contributed by atoms with Crippen molar-refractivity contribution in [1.82, 2.24) is 14.8 Å². The zero-order valence-corrected chi connectivity index (χ0v) is 11.2. The number of ether oxygens (including phenoxy) is 1. The molecule has 3 heterocycles. The summed E-state index contributed by atoms with van der Waals surface area (Å²) in [6, 6.07) is 5.13. The summed E-state index contributed by atoms with van der Waals surface area (Å²) in [5.41, 5.74) is 2.20. The summed E-state index contributed by atoms with van der Waals surface area (Å²) >= 11 is 0. The second kappa shape index (κ2) is 4.13. The summed E-state index contributed by atoms with van der Waals surface area (Å²) in [7, 11) is 0. The van der Waals surface area contributed by atoms with Gasteiger partial charge in [-0.2, -0.15) is 5.10 Å². The predicted molar refractivity (Wildman–Crippen MR) is 69.0 cm³/mol. The third-order valence-electron chi connectivity index (χ3n) is 3.77. The van der Waals surface area contributed by atoms with E-state index in [9.17, 15) is 4.39 Å². The highest BCUT2D eigenvalue weighted by atomic mass is 19.1. The summed E-state index contributed by atoms with van der Waals surface area (Å²) in [4.78, 5) is 4.06. The first-order valence-electron chi connectivity index (χ1n) is 6.32. The minimum absolute atomic E-state index is 0.144. The fourth-order valence-corrected chi connectivity index (χ4v) is 2.20. The van der Waals surface area contributed by atoms with Crippen LogP contribution in [-0.2, 0) is 11.3 Å². The maximum atomic E-state index is 12.9. The minimum atomic E-state index is -0.342. The van der Waals surface area contributed by atoms with Gasteiger partial charge in [-0.3, -0.25) is 9.67 Å². The zero-order valence-electron chi connectivity index (χ0n) is 11.2. The molecule has 2 aromatic rings. The fourth-order valence-electron chi connectivity index (χ4n) is 2.20. The Bertz CT molecular complexity index is 604. The topological polar surface area (TPSA) is 39.9 Å². The van der Waals surface area contributed by atoms with Crippen LogP contribution in [0.4, 0.5) is 4.39 Å². The number of aromatic nitrogens is 3. The predicted octanol–water partition coefficient (Wildman–Crippen LogP) is 2.95. The molecule has 5 heteroatoms. The molecule has 1 atom stereocenters. The molecule has 1 unspecified atom stereocenters. The van der Waals surface area contributed by atoms with Crippen LogP contribution in [0.3, 0.4) is 0 Å². The van der Waals surface area contributed by atoms with E-state index in [4.69, 9.17) is 4.74 Å². The molecule has 0 aliphatic carbocycles. The van der Waals surface area contributed by atoms with Crippen LogP contribution < -0.4 is 0 Å². The van der Waals surface area contributed by atoms with E-state index in [1.807, 2.05) is 10.7 Å². The quantitative estimate of drug-likeness (QED) is 0.792. The van der Waals surface area contributed by atoms with Crippen molar-refractivity contribution in [3.05, 3.63) is 35.9 Å². The molecule has 0 saturated carbocycles. The van der Waals surface area contributed by atoms with E-state index in [1.165, 1.54) is 12.3 Å². The Morgan fingerprint density at radius 3 is 2.84 bits per heavy atom. The molecule has 0 radical (unpaired) electrons. The Morgan fingerprint density at radius 2 is 2.16 bits per heavy atom. The molecule has 0 saturated heterocycles. The molecule has 0 N–H and O–H groups in total. The summed E-state index contributed by atoms with van der Waals surface area (Å²) in [5.74, 6) is -0.342. The Kier molecular flexibility index (Phi) is 2.67. The van der Waals surface area contributed by atoms with Crippen molar-refractivity contribution < 1.29 is 9.13 Å². The first-order valence-corrected chi connectivity index (χ1v) is 6.32. The van der Waals surface area contributed by atoms with E-state index in [1.54, 1.807) is 6.07 Å². The van der Waals surface area contributed by atoms with Gasteiger partial charge in [-0.15, -0.1) is 0 Å². The lowest BCUT2D eigenvalue weighted by atomic mass is 9.99. The normalized spacial score (nSPS) is 21.2.